The first kappa shape index (κ1) is 20.5. The normalized spacial score (nSPS) is 11.3. The number of hydrazone groups is 2. The lowest BCUT2D eigenvalue weighted by atomic mass is 10.1. The van der Waals surface area contributed by atoms with Crippen LogP contribution in [0.15, 0.2) is 70.9 Å². The minimum absolute atomic E-state index is 0.467. The molecule has 0 aliphatic heterocycles. The Kier molecular flexibility index (Phi) is 7.18. The number of rotatable bonds is 6. The average Bonchev–Trinajstić information content (AvgIpc) is 2.68. The number of nitrogens with zero attached hydrogens (tertiary/aromatic N) is 2. The zero-order valence-corrected chi connectivity index (χ0v) is 17.4. The van der Waals surface area contributed by atoms with E-state index in [9.17, 15) is 0 Å². The highest BCUT2D eigenvalue weighted by molar-refractivity contribution is 6.42. The van der Waals surface area contributed by atoms with Gasteiger partial charge in [0.05, 0.1) is 43.9 Å². The Balaban J connectivity index is 1.61. The van der Waals surface area contributed by atoms with Crippen LogP contribution < -0.4 is 10.9 Å². The SMILES string of the molecule is Clc1ccc(NN=Cc2cccc(C=NNc3ccc(Cl)c(Cl)c3)c2)cc1Cl. The summed E-state index contributed by atoms with van der Waals surface area (Å²) in [4.78, 5) is 0. The van der Waals surface area contributed by atoms with Gasteiger partial charge >= 0.3 is 0 Å². The van der Waals surface area contributed by atoms with E-state index in [2.05, 4.69) is 21.1 Å². The Morgan fingerprint density at radius 3 is 1.46 bits per heavy atom. The second kappa shape index (κ2) is 9.80. The molecule has 0 atom stereocenters. The second-order valence-electron chi connectivity index (χ2n) is 5.67. The Morgan fingerprint density at radius 2 is 1.04 bits per heavy atom. The Hall–Kier alpha value is -2.24. The zero-order valence-electron chi connectivity index (χ0n) is 14.3. The van der Waals surface area contributed by atoms with Gasteiger partial charge in [-0.1, -0.05) is 64.6 Å². The van der Waals surface area contributed by atoms with E-state index in [0.717, 1.165) is 22.5 Å². The fourth-order valence-corrected chi connectivity index (χ4v) is 2.81. The summed E-state index contributed by atoms with van der Waals surface area (Å²) < 4.78 is 0. The van der Waals surface area contributed by atoms with Crippen molar-refractivity contribution < 1.29 is 0 Å². The van der Waals surface area contributed by atoms with E-state index in [1.807, 2.05) is 24.3 Å². The van der Waals surface area contributed by atoms with Crippen LogP contribution in [0.25, 0.3) is 0 Å². The van der Waals surface area contributed by atoms with Crippen molar-refractivity contribution in [3.63, 3.8) is 0 Å². The van der Waals surface area contributed by atoms with Crippen molar-refractivity contribution in [3.05, 3.63) is 91.9 Å². The van der Waals surface area contributed by atoms with Gasteiger partial charge in [0.2, 0.25) is 0 Å². The lowest BCUT2D eigenvalue weighted by Gasteiger charge is -2.03. The molecule has 0 aliphatic carbocycles. The summed E-state index contributed by atoms with van der Waals surface area (Å²) in [5.74, 6) is 0. The van der Waals surface area contributed by atoms with E-state index in [4.69, 9.17) is 46.4 Å². The number of anilines is 2. The molecule has 0 amide bonds. The second-order valence-corrected chi connectivity index (χ2v) is 7.30. The molecule has 2 N–H and O–H groups in total. The van der Waals surface area contributed by atoms with Crippen molar-refractivity contribution in [3.8, 4) is 0 Å². The van der Waals surface area contributed by atoms with Gasteiger partial charge in [-0.05, 0) is 53.6 Å². The smallest absolute Gasteiger partial charge is 0.0613 e. The van der Waals surface area contributed by atoms with Crippen LogP contribution in [0.3, 0.4) is 0 Å². The first-order valence-corrected chi connectivity index (χ1v) is 9.61. The van der Waals surface area contributed by atoms with Gasteiger partial charge in [0, 0.05) is 0 Å². The van der Waals surface area contributed by atoms with Crippen LogP contribution in [0, 0.1) is 0 Å². The van der Waals surface area contributed by atoms with E-state index >= 15 is 0 Å². The van der Waals surface area contributed by atoms with Gasteiger partial charge in [-0.15, -0.1) is 0 Å². The summed E-state index contributed by atoms with van der Waals surface area (Å²) >= 11 is 23.8. The molecule has 0 heterocycles. The molecule has 8 heteroatoms. The molecular weight excluding hydrogens is 438 g/mol. The topological polar surface area (TPSA) is 48.8 Å². The average molecular weight is 452 g/mol. The van der Waals surface area contributed by atoms with Crippen LogP contribution in [-0.2, 0) is 0 Å². The zero-order chi connectivity index (χ0) is 19.9. The molecule has 28 heavy (non-hydrogen) atoms. The third-order valence-corrected chi connectivity index (χ3v) is 5.04. The van der Waals surface area contributed by atoms with Crippen molar-refractivity contribution in [1.82, 2.24) is 0 Å². The summed E-state index contributed by atoms with van der Waals surface area (Å²) in [6, 6.07) is 18.2. The summed E-state index contributed by atoms with van der Waals surface area (Å²) in [5.41, 5.74) is 9.13. The number of nitrogens with one attached hydrogen (secondary N) is 2. The van der Waals surface area contributed by atoms with Gasteiger partial charge in [-0.25, -0.2) is 0 Å². The lowest BCUT2D eigenvalue weighted by molar-refractivity contribution is 1.34. The van der Waals surface area contributed by atoms with Crippen molar-refractivity contribution in [2.45, 2.75) is 0 Å². The largest absolute Gasteiger partial charge is 0.278 e. The molecule has 0 saturated carbocycles. The molecule has 3 aromatic carbocycles. The molecule has 0 radical (unpaired) electrons. The standard InChI is InChI=1S/C20H14Cl4N4/c21-17-6-4-15(9-19(17)23)27-25-11-13-2-1-3-14(8-13)12-26-28-16-5-7-18(22)20(24)10-16/h1-12,27-28H. The van der Waals surface area contributed by atoms with Gasteiger partial charge < -0.3 is 0 Å². The fraction of sp³-hybridized carbons (Fsp3) is 0. The maximum atomic E-state index is 5.98. The monoisotopic (exact) mass is 450 g/mol. The number of hydrogen-bond donors (Lipinski definition) is 2. The quantitative estimate of drug-likeness (QED) is 0.307. The van der Waals surface area contributed by atoms with Crippen LogP contribution in [0.2, 0.25) is 20.1 Å². The molecule has 0 fully saturated rings. The molecule has 0 aromatic heterocycles. The predicted octanol–water partition coefficient (Wildman–Crippen LogP) is 7.19. The summed E-state index contributed by atoms with van der Waals surface area (Å²) in [5, 5.41) is 10.3. The maximum Gasteiger partial charge on any atom is 0.0613 e. The van der Waals surface area contributed by atoms with Gasteiger partial charge in [0.25, 0.3) is 0 Å². The van der Waals surface area contributed by atoms with Crippen molar-refractivity contribution in [2.75, 3.05) is 10.9 Å². The van der Waals surface area contributed by atoms with E-state index < -0.39 is 0 Å². The molecule has 0 unspecified atom stereocenters. The fourth-order valence-electron chi connectivity index (χ4n) is 2.21. The number of benzene rings is 3. The minimum Gasteiger partial charge on any atom is -0.278 e. The van der Waals surface area contributed by atoms with Crippen LogP contribution in [0.5, 0.6) is 0 Å². The number of halogens is 4. The summed E-state index contributed by atoms with van der Waals surface area (Å²) in [7, 11) is 0. The van der Waals surface area contributed by atoms with Crippen molar-refractivity contribution >= 4 is 70.2 Å². The third kappa shape index (κ3) is 5.88. The van der Waals surface area contributed by atoms with E-state index in [1.54, 1.807) is 48.8 Å². The summed E-state index contributed by atoms with van der Waals surface area (Å²) in [6.45, 7) is 0. The third-order valence-electron chi connectivity index (χ3n) is 3.56. The van der Waals surface area contributed by atoms with Crippen LogP contribution >= 0.6 is 46.4 Å². The van der Waals surface area contributed by atoms with Crippen LogP contribution in [-0.4, -0.2) is 12.4 Å². The van der Waals surface area contributed by atoms with Crippen LogP contribution in [0.4, 0.5) is 11.4 Å². The predicted molar refractivity (Wildman–Crippen MR) is 122 cm³/mol. The van der Waals surface area contributed by atoms with Gasteiger partial charge in [0.1, 0.15) is 0 Å². The molecular formula is C20H14Cl4N4. The van der Waals surface area contributed by atoms with Gasteiger partial charge in [-0.2, -0.15) is 10.2 Å². The molecule has 0 bridgehead atoms. The van der Waals surface area contributed by atoms with Gasteiger partial charge in [-0.3, -0.25) is 10.9 Å². The molecule has 3 rings (SSSR count). The highest BCUT2D eigenvalue weighted by Gasteiger charge is 1.99. The summed E-state index contributed by atoms with van der Waals surface area (Å²) in [6.07, 6.45) is 3.40. The molecule has 4 nitrogen and oxygen atoms in total. The maximum absolute atomic E-state index is 5.98. The highest BCUT2D eigenvalue weighted by atomic mass is 35.5. The highest BCUT2D eigenvalue weighted by Crippen LogP contribution is 2.25. The molecule has 0 aliphatic rings. The molecule has 142 valence electrons. The van der Waals surface area contributed by atoms with E-state index in [1.165, 1.54) is 0 Å². The Labute approximate surface area is 182 Å². The Bertz CT molecular complexity index is 956. The van der Waals surface area contributed by atoms with E-state index in [-0.39, 0.29) is 0 Å². The molecule has 3 aromatic rings. The minimum atomic E-state index is 0.467. The van der Waals surface area contributed by atoms with E-state index in [0.29, 0.717) is 20.1 Å². The molecule has 0 saturated heterocycles. The number of hydrogen-bond acceptors (Lipinski definition) is 4. The Morgan fingerprint density at radius 1 is 0.571 bits per heavy atom. The van der Waals surface area contributed by atoms with Crippen molar-refractivity contribution in [1.29, 1.82) is 0 Å². The van der Waals surface area contributed by atoms with Crippen molar-refractivity contribution in [2.24, 2.45) is 10.2 Å². The van der Waals surface area contributed by atoms with Crippen LogP contribution in [0.1, 0.15) is 11.1 Å². The first-order chi connectivity index (χ1) is 13.5. The molecule has 0 spiro atoms. The first-order valence-electron chi connectivity index (χ1n) is 8.09. The van der Waals surface area contributed by atoms with Gasteiger partial charge in [0.15, 0.2) is 0 Å². The lowest BCUT2D eigenvalue weighted by Crippen LogP contribution is -1.93.